The summed E-state index contributed by atoms with van der Waals surface area (Å²) < 4.78 is -1.49. The number of aliphatic hydroxyl groups excluding tert-OH is 1. The average molecular weight is 372 g/mol. The number of benzene rings is 2. The Hall–Kier alpha value is -1.26. The fourth-order valence-corrected chi connectivity index (χ4v) is 2.60. The highest BCUT2D eigenvalue weighted by atomic mass is 35.6. The summed E-state index contributed by atoms with van der Waals surface area (Å²) in [6.07, 6.45) is -0.494. The average Bonchev–Trinajstić information content (AvgIpc) is 2.51. The molecule has 0 aliphatic carbocycles. The van der Waals surface area contributed by atoms with Gasteiger partial charge in [0.05, 0.1) is 17.5 Å². The highest BCUT2D eigenvalue weighted by Gasteiger charge is 2.25. The summed E-state index contributed by atoms with van der Waals surface area (Å²) >= 11 is 17.2. The van der Waals surface area contributed by atoms with Crippen LogP contribution in [0.1, 0.15) is 18.4 Å². The third-order valence-corrected chi connectivity index (χ3v) is 3.56. The van der Waals surface area contributed by atoms with Crippen LogP contribution in [0, 0.1) is 0 Å². The number of hydrazone groups is 1. The molecule has 6 heteroatoms. The van der Waals surface area contributed by atoms with Crippen LogP contribution in [0.25, 0.3) is 0 Å². The third-order valence-electron chi connectivity index (χ3n) is 3.10. The summed E-state index contributed by atoms with van der Waals surface area (Å²) in [6, 6.07) is 19.2. The van der Waals surface area contributed by atoms with Gasteiger partial charge >= 0.3 is 0 Å². The summed E-state index contributed by atoms with van der Waals surface area (Å²) in [4.78, 5) is 0. The zero-order valence-corrected chi connectivity index (χ0v) is 14.6. The zero-order valence-electron chi connectivity index (χ0n) is 12.3. The van der Waals surface area contributed by atoms with Crippen LogP contribution in [-0.4, -0.2) is 20.7 Å². The number of anilines is 1. The summed E-state index contributed by atoms with van der Waals surface area (Å²) in [5.41, 5.74) is 5.44. The number of nitrogens with zero attached hydrogens (tertiary/aromatic N) is 1. The fourth-order valence-electron chi connectivity index (χ4n) is 2.07. The number of rotatable bonds is 6. The van der Waals surface area contributed by atoms with Crippen LogP contribution in [0.4, 0.5) is 5.69 Å². The van der Waals surface area contributed by atoms with Gasteiger partial charge in [-0.05, 0) is 17.7 Å². The maximum atomic E-state index is 10.2. The normalized spacial score (nSPS) is 13.7. The fraction of sp³-hybridized carbons (Fsp3) is 0.235. The Kier molecular flexibility index (Phi) is 6.72. The first-order valence-electron chi connectivity index (χ1n) is 7.12. The number of para-hydroxylation sites is 1. The Labute approximate surface area is 150 Å². The molecule has 0 saturated heterocycles. The number of hydrogen-bond donors (Lipinski definition) is 2. The SMILES string of the molecule is O[C@H](C/C(=N\Nc1ccccc1)c1ccccc1)CC(Cl)(Cl)Cl. The monoisotopic (exact) mass is 370 g/mol. The van der Waals surface area contributed by atoms with E-state index in [0.29, 0.717) is 5.71 Å². The van der Waals surface area contributed by atoms with Gasteiger partial charge in [-0.15, -0.1) is 0 Å². The third kappa shape index (κ3) is 6.80. The molecule has 2 rings (SSSR count). The topological polar surface area (TPSA) is 44.6 Å². The summed E-state index contributed by atoms with van der Waals surface area (Å²) in [6.45, 7) is 0. The van der Waals surface area contributed by atoms with Crippen molar-refractivity contribution in [3.8, 4) is 0 Å². The van der Waals surface area contributed by atoms with Crippen LogP contribution in [0.2, 0.25) is 0 Å². The van der Waals surface area contributed by atoms with Crippen LogP contribution in [0.15, 0.2) is 65.8 Å². The number of alkyl halides is 3. The molecule has 2 aromatic rings. The molecule has 122 valence electrons. The van der Waals surface area contributed by atoms with E-state index in [0.717, 1.165) is 11.3 Å². The molecule has 0 aliphatic rings. The molecule has 0 unspecified atom stereocenters. The first-order valence-corrected chi connectivity index (χ1v) is 8.25. The minimum absolute atomic E-state index is 0.0366. The molecule has 3 nitrogen and oxygen atoms in total. The van der Waals surface area contributed by atoms with E-state index >= 15 is 0 Å². The predicted molar refractivity (Wildman–Crippen MR) is 98.6 cm³/mol. The van der Waals surface area contributed by atoms with E-state index in [1.54, 1.807) is 0 Å². The summed E-state index contributed by atoms with van der Waals surface area (Å²) in [5, 5.41) is 14.6. The van der Waals surface area contributed by atoms with Gasteiger partial charge in [0.15, 0.2) is 3.79 Å². The van der Waals surface area contributed by atoms with Crippen LogP contribution in [0.3, 0.4) is 0 Å². The van der Waals surface area contributed by atoms with Crippen molar-refractivity contribution in [2.75, 3.05) is 5.43 Å². The van der Waals surface area contributed by atoms with Gasteiger partial charge in [0.2, 0.25) is 0 Å². The number of nitrogens with one attached hydrogen (secondary N) is 1. The first kappa shape index (κ1) is 18.1. The molecule has 0 aromatic heterocycles. The van der Waals surface area contributed by atoms with Crippen molar-refractivity contribution in [1.82, 2.24) is 0 Å². The van der Waals surface area contributed by atoms with E-state index < -0.39 is 9.90 Å². The molecule has 0 spiro atoms. The van der Waals surface area contributed by atoms with Crippen LogP contribution >= 0.6 is 34.8 Å². The molecule has 0 amide bonds. The Balaban J connectivity index is 2.15. The Morgan fingerprint density at radius 1 is 1.00 bits per heavy atom. The molecule has 2 aromatic carbocycles. The van der Waals surface area contributed by atoms with E-state index in [9.17, 15) is 5.11 Å². The van der Waals surface area contributed by atoms with Crippen LogP contribution < -0.4 is 5.43 Å². The molecule has 2 N–H and O–H groups in total. The van der Waals surface area contributed by atoms with Crippen molar-refractivity contribution in [2.24, 2.45) is 5.10 Å². The molecule has 0 fully saturated rings. The number of hydrogen-bond acceptors (Lipinski definition) is 3. The van der Waals surface area contributed by atoms with Crippen molar-refractivity contribution < 1.29 is 5.11 Å². The highest BCUT2D eigenvalue weighted by molar-refractivity contribution is 6.67. The number of halogens is 3. The number of aliphatic hydroxyl groups is 1. The maximum absolute atomic E-state index is 10.2. The molecule has 0 radical (unpaired) electrons. The second-order valence-corrected chi connectivity index (χ2v) is 7.60. The molecule has 0 aliphatic heterocycles. The van der Waals surface area contributed by atoms with Gasteiger partial charge in [0, 0.05) is 12.8 Å². The van der Waals surface area contributed by atoms with Crippen molar-refractivity contribution in [3.63, 3.8) is 0 Å². The molecule has 0 saturated carbocycles. The van der Waals surface area contributed by atoms with Crippen LogP contribution in [-0.2, 0) is 0 Å². The second kappa shape index (κ2) is 8.55. The van der Waals surface area contributed by atoms with Gasteiger partial charge in [0.1, 0.15) is 0 Å². The zero-order chi connectivity index (χ0) is 16.7. The van der Waals surface area contributed by atoms with E-state index in [2.05, 4.69) is 10.5 Å². The van der Waals surface area contributed by atoms with Crippen molar-refractivity contribution in [2.45, 2.75) is 22.7 Å². The Morgan fingerprint density at radius 2 is 1.57 bits per heavy atom. The Morgan fingerprint density at radius 3 is 2.13 bits per heavy atom. The molecular weight excluding hydrogens is 355 g/mol. The van der Waals surface area contributed by atoms with E-state index in [4.69, 9.17) is 34.8 Å². The minimum Gasteiger partial charge on any atom is -0.393 e. The summed E-state index contributed by atoms with van der Waals surface area (Å²) in [7, 11) is 0. The van der Waals surface area contributed by atoms with Gasteiger partial charge in [-0.2, -0.15) is 5.10 Å². The van der Waals surface area contributed by atoms with E-state index in [1.165, 1.54) is 0 Å². The van der Waals surface area contributed by atoms with E-state index in [1.807, 2.05) is 60.7 Å². The second-order valence-electron chi connectivity index (χ2n) is 5.08. The van der Waals surface area contributed by atoms with Crippen molar-refractivity contribution >= 4 is 46.2 Å². The van der Waals surface area contributed by atoms with Gasteiger partial charge in [0.25, 0.3) is 0 Å². The van der Waals surface area contributed by atoms with Gasteiger partial charge in [-0.3, -0.25) is 5.43 Å². The molecule has 23 heavy (non-hydrogen) atoms. The van der Waals surface area contributed by atoms with Crippen LogP contribution in [0.5, 0.6) is 0 Å². The largest absolute Gasteiger partial charge is 0.393 e. The van der Waals surface area contributed by atoms with Gasteiger partial charge < -0.3 is 5.11 Å². The maximum Gasteiger partial charge on any atom is 0.193 e. The van der Waals surface area contributed by atoms with Crippen molar-refractivity contribution in [1.29, 1.82) is 0 Å². The lowest BCUT2D eigenvalue weighted by Gasteiger charge is -2.17. The molecule has 0 bridgehead atoms. The van der Waals surface area contributed by atoms with Crippen molar-refractivity contribution in [3.05, 3.63) is 66.2 Å². The Bertz CT molecular complexity index is 627. The lowest BCUT2D eigenvalue weighted by Crippen LogP contribution is -2.21. The standard InChI is InChI=1S/C17H17Cl3N2O/c18-17(19,20)12-15(23)11-16(13-7-3-1-4-8-13)22-21-14-9-5-2-6-10-14/h1-10,15,21,23H,11-12H2/b22-16+/t15-/m1/s1. The molecular formula is C17H17Cl3N2O. The predicted octanol–water partition coefficient (Wildman–Crippen LogP) is 5.01. The van der Waals surface area contributed by atoms with Gasteiger partial charge in [-0.25, -0.2) is 0 Å². The van der Waals surface area contributed by atoms with Gasteiger partial charge in [-0.1, -0.05) is 83.3 Å². The lowest BCUT2D eigenvalue weighted by molar-refractivity contribution is 0.174. The summed E-state index contributed by atoms with van der Waals surface area (Å²) in [5.74, 6) is 0. The first-order chi connectivity index (χ1) is 10.9. The smallest absolute Gasteiger partial charge is 0.193 e. The minimum atomic E-state index is -1.49. The van der Waals surface area contributed by atoms with E-state index in [-0.39, 0.29) is 12.8 Å². The quantitative estimate of drug-likeness (QED) is 0.426. The lowest BCUT2D eigenvalue weighted by atomic mass is 10.0. The highest BCUT2D eigenvalue weighted by Crippen LogP contribution is 2.32. The molecule has 0 heterocycles. The molecule has 1 atom stereocenters.